The Balaban J connectivity index is 2.05. The molecule has 0 aliphatic heterocycles. The SMILES string of the molecule is Cc1[nH]c2ccccc2c1-c1ccc(NC(C)C)nn1. The first kappa shape index (κ1) is 12.7. The van der Waals surface area contributed by atoms with Gasteiger partial charge in [-0.3, -0.25) is 0 Å². The molecule has 0 fully saturated rings. The van der Waals surface area contributed by atoms with Gasteiger partial charge in [0.05, 0.1) is 5.69 Å². The van der Waals surface area contributed by atoms with E-state index in [2.05, 4.69) is 53.4 Å². The number of nitrogens with one attached hydrogen (secondary N) is 2. The maximum Gasteiger partial charge on any atom is 0.148 e. The minimum atomic E-state index is 0.352. The van der Waals surface area contributed by atoms with E-state index in [0.29, 0.717) is 6.04 Å². The highest BCUT2D eigenvalue weighted by Crippen LogP contribution is 2.30. The fourth-order valence-electron chi connectivity index (χ4n) is 2.45. The van der Waals surface area contributed by atoms with E-state index in [1.165, 1.54) is 5.39 Å². The Morgan fingerprint density at radius 3 is 2.55 bits per heavy atom. The first-order valence-corrected chi connectivity index (χ1v) is 6.83. The van der Waals surface area contributed by atoms with E-state index >= 15 is 0 Å². The van der Waals surface area contributed by atoms with Crippen LogP contribution in [0.1, 0.15) is 19.5 Å². The summed E-state index contributed by atoms with van der Waals surface area (Å²) in [5.41, 5.74) is 4.27. The number of rotatable bonds is 3. The average molecular weight is 266 g/mol. The van der Waals surface area contributed by atoms with Crippen molar-refractivity contribution < 1.29 is 0 Å². The third-order valence-electron chi connectivity index (χ3n) is 3.25. The number of hydrogen-bond acceptors (Lipinski definition) is 3. The Morgan fingerprint density at radius 1 is 1.05 bits per heavy atom. The minimum Gasteiger partial charge on any atom is -0.366 e. The van der Waals surface area contributed by atoms with Gasteiger partial charge in [-0.1, -0.05) is 18.2 Å². The van der Waals surface area contributed by atoms with Crippen molar-refractivity contribution in [2.45, 2.75) is 26.8 Å². The zero-order valence-electron chi connectivity index (χ0n) is 11.9. The molecule has 0 saturated carbocycles. The molecule has 102 valence electrons. The molecule has 4 nitrogen and oxygen atoms in total. The summed E-state index contributed by atoms with van der Waals surface area (Å²) in [6.07, 6.45) is 0. The highest BCUT2D eigenvalue weighted by Gasteiger charge is 2.11. The van der Waals surface area contributed by atoms with Gasteiger partial charge in [0.1, 0.15) is 5.82 Å². The van der Waals surface area contributed by atoms with E-state index in [1.807, 2.05) is 24.3 Å². The number of anilines is 1. The molecule has 0 spiro atoms. The third kappa shape index (κ3) is 2.25. The number of aromatic amines is 1. The summed E-state index contributed by atoms with van der Waals surface area (Å²) in [7, 11) is 0. The van der Waals surface area contributed by atoms with Crippen molar-refractivity contribution in [1.29, 1.82) is 0 Å². The number of para-hydroxylation sites is 1. The van der Waals surface area contributed by atoms with Gasteiger partial charge in [-0.15, -0.1) is 10.2 Å². The van der Waals surface area contributed by atoms with Crippen LogP contribution in [0.25, 0.3) is 22.2 Å². The second-order valence-corrected chi connectivity index (χ2v) is 5.27. The van der Waals surface area contributed by atoms with E-state index in [0.717, 1.165) is 28.3 Å². The first-order chi connectivity index (χ1) is 9.65. The fraction of sp³-hybridized carbons (Fsp3) is 0.250. The van der Waals surface area contributed by atoms with E-state index in [1.54, 1.807) is 0 Å². The van der Waals surface area contributed by atoms with Crippen molar-refractivity contribution in [1.82, 2.24) is 15.2 Å². The van der Waals surface area contributed by atoms with Crippen LogP contribution in [-0.4, -0.2) is 21.2 Å². The monoisotopic (exact) mass is 266 g/mol. The Labute approximate surface area is 118 Å². The molecule has 2 aromatic heterocycles. The lowest BCUT2D eigenvalue weighted by Gasteiger charge is -2.08. The molecule has 2 N–H and O–H groups in total. The normalized spacial score (nSPS) is 11.2. The highest BCUT2D eigenvalue weighted by atomic mass is 15.2. The van der Waals surface area contributed by atoms with Crippen molar-refractivity contribution in [3.8, 4) is 11.3 Å². The van der Waals surface area contributed by atoms with Crippen LogP contribution in [0.5, 0.6) is 0 Å². The lowest BCUT2D eigenvalue weighted by Crippen LogP contribution is -2.11. The predicted octanol–water partition coefficient (Wildman–Crippen LogP) is 3.75. The molecule has 2 heterocycles. The zero-order chi connectivity index (χ0) is 14.1. The summed E-state index contributed by atoms with van der Waals surface area (Å²) in [6.45, 7) is 6.23. The van der Waals surface area contributed by atoms with Crippen molar-refractivity contribution in [3.05, 3.63) is 42.1 Å². The maximum atomic E-state index is 4.35. The van der Waals surface area contributed by atoms with Gasteiger partial charge >= 0.3 is 0 Å². The molecule has 3 aromatic rings. The molecule has 20 heavy (non-hydrogen) atoms. The average Bonchev–Trinajstić information content (AvgIpc) is 2.75. The summed E-state index contributed by atoms with van der Waals surface area (Å²) >= 11 is 0. The fourth-order valence-corrected chi connectivity index (χ4v) is 2.45. The van der Waals surface area contributed by atoms with Crippen molar-refractivity contribution in [3.63, 3.8) is 0 Å². The number of fused-ring (bicyclic) bond motifs is 1. The summed E-state index contributed by atoms with van der Waals surface area (Å²) < 4.78 is 0. The van der Waals surface area contributed by atoms with Crippen LogP contribution in [-0.2, 0) is 0 Å². The highest BCUT2D eigenvalue weighted by molar-refractivity contribution is 5.96. The summed E-state index contributed by atoms with van der Waals surface area (Å²) in [5, 5.41) is 13.0. The van der Waals surface area contributed by atoms with Gasteiger partial charge < -0.3 is 10.3 Å². The van der Waals surface area contributed by atoms with Crippen molar-refractivity contribution in [2.24, 2.45) is 0 Å². The van der Waals surface area contributed by atoms with Crippen LogP contribution < -0.4 is 5.32 Å². The van der Waals surface area contributed by atoms with Crippen LogP contribution in [0.4, 0.5) is 5.82 Å². The van der Waals surface area contributed by atoms with E-state index in [4.69, 9.17) is 0 Å². The van der Waals surface area contributed by atoms with Gasteiger partial charge in [0.15, 0.2) is 0 Å². The van der Waals surface area contributed by atoms with Crippen LogP contribution in [0.15, 0.2) is 36.4 Å². The standard InChI is InChI=1S/C16H18N4/c1-10(2)17-15-9-8-14(19-20-15)16-11(3)18-13-7-5-4-6-12(13)16/h4-10,18H,1-3H3,(H,17,20). The summed E-state index contributed by atoms with van der Waals surface area (Å²) in [4.78, 5) is 3.39. The number of H-pyrrole nitrogens is 1. The Bertz CT molecular complexity index is 726. The second-order valence-electron chi connectivity index (χ2n) is 5.27. The Hall–Kier alpha value is -2.36. The molecule has 4 heteroatoms. The number of nitrogens with zero attached hydrogens (tertiary/aromatic N) is 2. The molecule has 0 radical (unpaired) electrons. The van der Waals surface area contributed by atoms with Crippen molar-refractivity contribution in [2.75, 3.05) is 5.32 Å². The lowest BCUT2D eigenvalue weighted by molar-refractivity contribution is 0.874. The largest absolute Gasteiger partial charge is 0.366 e. The summed E-state index contributed by atoms with van der Waals surface area (Å²) in [6, 6.07) is 12.6. The van der Waals surface area contributed by atoms with Gasteiger partial charge in [0.2, 0.25) is 0 Å². The molecule has 0 bridgehead atoms. The molecular weight excluding hydrogens is 248 g/mol. The number of aryl methyl sites for hydroxylation is 1. The smallest absolute Gasteiger partial charge is 0.148 e. The van der Waals surface area contributed by atoms with Crippen LogP contribution in [0.2, 0.25) is 0 Å². The molecule has 0 amide bonds. The molecule has 0 unspecified atom stereocenters. The lowest BCUT2D eigenvalue weighted by atomic mass is 10.1. The van der Waals surface area contributed by atoms with Gasteiger partial charge in [0, 0.05) is 28.2 Å². The van der Waals surface area contributed by atoms with E-state index in [-0.39, 0.29) is 0 Å². The molecule has 0 atom stereocenters. The van der Waals surface area contributed by atoms with Gasteiger partial charge in [-0.2, -0.15) is 0 Å². The van der Waals surface area contributed by atoms with Crippen molar-refractivity contribution >= 4 is 16.7 Å². The zero-order valence-corrected chi connectivity index (χ0v) is 11.9. The van der Waals surface area contributed by atoms with Gasteiger partial charge in [-0.25, -0.2) is 0 Å². The van der Waals surface area contributed by atoms with Gasteiger partial charge in [-0.05, 0) is 39.0 Å². The van der Waals surface area contributed by atoms with Crippen LogP contribution in [0, 0.1) is 6.92 Å². The first-order valence-electron chi connectivity index (χ1n) is 6.83. The minimum absolute atomic E-state index is 0.352. The molecule has 3 rings (SSSR count). The molecule has 0 aliphatic rings. The predicted molar refractivity (Wildman–Crippen MR) is 82.8 cm³/mol. The molecule has 0 aliphatic carbocycles. The van der Waals surface area contributed by atoms with E-state index in [9.17, 15) is 0 Å². The number of aromatic nitrogens is 3. The number of hydrogen-bond donors (Lipinski definition) is 2. The Morgan fingerprint density at radius 2 is 1.85 bits per heavy atom. The van der Waals surface area contributed by atoms with Crippen LogP contribution >= 0.6 is 0 Å². The molecule has 0 saturated heterocycles. The van der Waals surface area contributed by atoms with E-state index < -0.39 is 0 Å². The third-order valence-corrected chi connectivity index (χ3v) is 3.25. The van der Waals surface area contributed by atoms with Gasteiger partial charge in [0.25, 0.3) is 0 Å². The molecular formula is C16H18N4. The Kier molecular flexibility index (Phi) is 3.14. The summed E-state index contributed by atoms with van der Waals surface area (Å²) in [5.74, 6) is 0.807. The second kappa shape index (κ2) is 4.96. The topological polar surface area (TPSA) is 53.6 Å². The maximum absolute atomic E-state index is 4.35. The molecule has 1 aromatic carbocycles. The van der Waals surface area contributed by atoms with Crippen LogP contribution in [0.3, 0.4) is 0 Å². The quantitative estimate of drug-likeness (QED) is 0.759. The number of benzene rings is 1.